The third-order valence-corrected chi connectivity index (χ3v) is 3.47. The highest BCUT2D eigenvalue weighted by Crippen LogP contribution is 2.10. The number of aliphatic imine (C=N–C) groups is 1. The van der Waals surface area contributed by atoms with E-state index < -0.39 is 11.6 Å². The van der Waals surface area contributed by atoms with Gasteiger partial charge in [-0.15, -0.1) is 0 Å². The van der Waals surface area contributed by atoms with E-state index in [4.69, 9.17) is 0 Å². The first-order chi connectivity index (χ1) is 10.5. The standard InChI is InChI=1S/C16H20F2N4/c1-19-16(22(3)11-14-5-4-8-21(14)2)20-10-12-9-13(17)6-7-15(12)18/h4-9H,10-11H2,1-3H3,(H,19,20). The molecule has 22 heavy (non-hydrogen) atoms. The summed E-state index contributed by atoms with van der Waals surface area (Å²) in [7, 11) is 5.53. The highest BCUT2D eigenvalue weighted by atomic mass is 19.1. The molecule has 0 radical (unpaired) electrons. The number of nitrogens with one attached hydrogen (secondary N) is 1. The highest BCUT2D eigenvalue weighted by Gasteiger charge is 2.10. The highest BCUT2D eigenvalue weighted by molar-refractivity contribution is 5.79. The van der Waals surface area contributed by atoms with Gasteiger partial charge in [-0.2, -0.15) is 0 Å². The minimum atomic E-state index is -0.453. The number of aryl methyl sites for hydroxylation is 1. The molecule has 0 aliphatic rings. The molecule has 0 unspecified atom stereocenters. The summed E-state index contributed by atoms with van der Waals surface area (Å²) in [6.07, 6.45) is 1.97. The zero-order valence-corrected chi connectivity index (χ0v) is 13.0. The minimum Gasteiger partial charge on any atom is -0.353 e. The van der Waals surface area contributed by atoms with Gasteiger partial charge in [0.1, 0.15) is 11.6 Å². The Balaban J connectivity index is 2.00. The minimum absolute atomic E-state index is 0.174. The van der Waals surface area contributed by atoms with Crippen molar-refractivity contribution in [2.75, 3.05) is 14.1 Å². The van der Waals surface area contributed by atoms with Crippen LogP contribution < -0.4 is 5.32 Å². The fourth-order valence-electron chi connectivity index (χ4n) is 2.22. The van der Waals surface area contributed by atoms with Gasteiger partial charge in [0.15, 0.2) is 5.96 Å². The molecule has 6 heteroatoms. The van der Waals surface area contributed by atoms with Crippen LogP contribution in [0, 0.1) is 11.6 Å². The van der Waals surface area contributed by atoms with Gasteiger partial charge in [-0.25, -0.2) is 8.78 Å². The molecule has 0 bridgehead atoms. The first-order valence-corrected chi connectivity index (χ1v) is 6.97. The average molecular weight is 306 g/mol. The second-order valence-electron chi connectivity index (χ2n) is 5.10. The lowest BCUT2D eigenvalue weighted by molar-refractivity contribution is 0.460. The molecule has 4 nitrogen and oxygen atoms in total. The molecule has 0 saturated heterocycles. The van der Waals surface area contributed by atoms with Gasteiger partial charge in [0.2, 0.25) is 0 Å². The Labute approximate surface area is 129 Å². The number of benzene rings is 1. The number of rotatable bonds is 4. The second kappa shape index (κ2) is 7.06. The number of aromatic nitrogens is 1. The van der Waals surface area contributed by atoms with E-state index in [1.807, 2.05) is 41.9 Å². The van der Waals surface area contributed by atoms with Gasteiger partial charge < -0.3 is 14.8 Å². The summed E-state index contributed by atoms with van der Waals surface area (Å²) < 4.78 is 28.8. The van der Waals surface area contributed by atoms with E-state index in [0.717, 1.165) is 17.8 Å². The number of nitrogens with zero attached hydrogens (tertiary/aromatic N) is 3. The number of hydrogen-bond acceptors (Lipinski definition) is 1. The molecule has 118 valence electrons. The fourth-order valence-corrected chi connectivity index (χ4v) is 2.22. The van der Waals surface area contributed by atoms with Crippen molar-refractivity contribution >= 4 is 5.96 Å². The smallest absolute Gasteiger partial charge is 0.194 e. The predicted molar refractivity (Wildman–Crippen MR) is 83.4 cm³/mol. The van der Waals surface area contributed by atoms with E-state index in [-0.39, 0.29) is 12.1 Å². The summed E-state index contributed by atoms with van der Waals surface area (Å²) in [5.74, 6) is -0.273. The van der Waals surface area contributed by atoms with Crippen LogP contribution in [0.5, 0.6) is 0 Å². The fraction of sp³-hybridized carbons (Fsp3) is 0.312. The summed E-state index contributed by atoms with van der Waals surface area (Å²) >= 11 is 0. The molecule has 1 heterocycles. The molecule has 1 N–H and O–H groups in total. The lowest BCUT2D eigenvalue weighted by atomic mass is 10.2. The number of hydrogen-bond donors (Lipinski definition) is 1. The number of halogens is 2. The summed E-state index contributed by atoms with van der Waals surface area (Å²) in [6, 6.07) is 7.42. The molecule has 0 atom stereocenters. The Hall–Kier alpha value is -2.37. The van der Waals surface area contributed by atoms with Crippen molar-refractivity contribution < 1.29 is 8.78 Å². The molecule has 1 aromatic heterocycles. The summed E-state index contributed by atoms with van der Waals surface area (Å²) in [5.41, 5.74) is 1.40. The van der Waals surface area contributed by atoms with E-state index >= 15 is 0 Å². The van der Waals surface area contributed by atoms with Gasteiger partial charge in [0.25, 0.3) is 0 Å². The van der Waals surface area contributed by atoms with Gasteiger partial charge >= 0.3 is 0 Å². The molecular formula is C16H20F2N4. The van der Waals surface area contributed by atoms with Crippen LogP contribution in [-0.4, -0.2) is 29.5 Å². The lowest BCUT2D eigenvalue weighted by Crippen LogP contribution is -2.38. The quantitative estimate of drug-likeness (QED) is 0.695. The third-order valence-electron chi connectivity index (χ3n) is 3.47. The van der Waals surface area contributed by atoms with Crippen molar-refractivity contribution in [3.63, 3.8) is 0 Å². The van der Waals surface area contributed by atoms with Crippen molar-refractivity contribution in [2.24, 2.45) is 12.0 Å². The van der Waals surface area contributed by atoms with E-state index in [0.29, 0.717) is 12.5 Å². The first kappa shape index (κ1) is 16.0. The van der Waals surface area contributed by atoms with E-state index in [9.17, 15) is 8.78 Å². The van der Waals surface area contributed by atoms with Gasteiger partial charge in [-0.05, 0) is 30.3 Å². The maximum atomic E-state index is 13.6. The SMILES string of the molecule is CN=C(NCc1cc(F)ccc1F)N(C)Cc1cccn1C. The maximum Gasteiger partial charge on any atom is 0.194 e. The number of guanidine groups is 1. The summed E-state index contributed by atoms with van der Waals surface area (Å²) in [4.78, 5) is 6.09. The van der Waals surface area contributed by atoms with Gasteiger partial charge in [-0.3, -0.25) is 4.99 Å². The normalized spacial score (nSPS) is 11.6. The van der Waals surface area contributed by atoms with Crippen molar-refractivity contribution in [1.82, 2.24) is 14.8 Å². The summed E-state index contributed by atoms with van der Waals surface area (Å²) in [6.45, 7) is 0.836. The molecule has 2 rings (SSSR count). The molecule has 0 saturated carbocycles. The monoisotopic (exact) mass is 306 g/mol. The van der Waals surface area contributed by atoms with E-state index in [1.54, 1.807) is 7.05 Å². The molecule has 0 spiro atoms. The molecule has 0 fully saturated rings. The molecule has 2 aromatic rings. The second-order valence-corrected chi connectivity index (χ2v) is 5.10. The van der Waals surface area contributed by atoms with Crippen molar-refractivity contribution in [3.8, 4) is 0 Å². The summed E-state index contributed by atoms with van der Waals surface area (Å²) in [5, 5.41) is 3.05. The van der Waals surface area contributed by atoms with Crippen molar-refractivity contribution in [1.29, 1.82) is 0 Å². The van der Waals surface area contributed by atoms with Gasteiger partial charge in [-0.1, -0.05) is 0 Å². The third kappa shape index (κ3) is 3.84. The largest absolute Gasteiger partial charge is 0.353 e. The Bertz CT molecular complexity index is 664. The molecule has 1 aromatic carbocycles. The van der Waals surface area contributed by atoms with Crippen molar-refractivity contribution in [2.45, 2.75) is 13.1 Å². The Morgan fingerprint density at radius 3 is 2.73 bits per heavy atom. The van der Waals surface area contributed by atoms with Gasteiger partial charge in [0.05, 0.1) is 6.54 Å². The Morgan fingerprint density at radius 2 is 2.09 bits per heavy atom. The zero-order valence-electron chi connectivity index (χ0n) is 13.0. The molecule has 0 aliphatic carbocycles. The van der Waals surface area contributed by atoms with Crippen LogP contribution in [0.1, 0.15) is 11.3 Å². The Kier molecular flexibility index (Phi) is 5.14. The van der Waals surface area contributed by atoms with Crippen LogP contribution in [0.15, 0.2) is 41.5 Å². The van der Waals surface area contributed by atoms with Crippen molar-refractivity contribution in [3.05, 3.63) is 59.4 Å². The Morgan fingerprint density at radius 1 is 1.32 bits per heavy atom. The van der Waals surface area contributed by atoms with Crippen LogP contribution in [0.4, 0.5) is 8.78 Å². The van der Waals surface area contributed by atoms with Crippen LogP contribution in [0.3, 0.4) is 0 Å². The van der Waals surface area contributed by atoms with Crippen LogP contribution in [0.25, 0.3) is 0 Å². The molecule has 0 amide bonds. The van der Waals surface area contributed by atoms with Crippen LogP contribution >= 0.6 is 0 Å². The van der Waals surface area contributed by atoms with Gasteiger partial charge in [0, 0.05) is 45.1 Å². The topological polar surface area (TPSA) is 32.6 Å². The van der Waals surface area contributed by atoms with Crippen LogP contribution in [-0.2, 0) is 20.1 Å². The van der Waals surface area contributed by atoms with E-state index in [2.05, 4.69) is 10.3 Å². The average Bonchev–Trinajstić information content (AvgIpc) is 2.88. The maximum absolute atomic E-state index is 13.6. The molecule has 0 aliphatic heterocycles. The molecular weight excluding hydrogens is 286 g/mol. The lowest BCUT2D eigenvalue weighted by Gasteiger charge is -2.22. The zero-order chi connectivity index (χ0) is 16.1. The predicted octanol–water partition coefficient (Wildman–Crippen LogP) is 2.51. The van der Waals surface area contributed by atoms with Crippen LogP contribution in [0.2, 0.25) is 0 Å². The first-order valence-electron chi connectivity index (χ1n) is 6.97. The van der Waals surface area contributed by atoms with E-state index in [1.165, 1.54) is 6.07 Å².